The maximum atomic E-state index is 13.6. The fourth-order valence-corrected chi connectivity index (χ4v) is 7.80. The molecule has 264 valence electrons. The zero-order valence-electron chi connectivity index (χ0n) is 27.6. The molecule has 2 fully saturated rings. The van der Waals surface area contributed by atoms with Gasteiger partial charge in [-0.15, -0.1) is 0 Å². The van der Waals surface area contributed by atoms with E-state index in [1.165, 1.54) is 31.2 Å². The first-order chi connectivity index (χ1) is 23.3. The van der Waals surface area contributed by atoms with Crippen molar-refractivity contribution >= 4 is 35.4 Å². The van der Waals surface area contributed by atoms with Crippen molar-refractivity contribution in [1.82, 2.24) is 9.80 Å². The molecular weight excluding hydrogens is 632 g/mol. The molecule has 0 unspecified atom stereocenters. The number of para-hydroxylation sites is 1. The minimum absolute atomic E-state index is 0.0681. The van der Waals surface area contributed by atoms with Gasteiger partial charge >= 0.3 is 17.9 Å². The summed E-state index contributed by atoms with van der Waals surface area (Å²) >= 11 is 0. The van der Waals surface area contributed by atoms with E-state index in [9.17, 15) is 24.0 Å². The molecule has 1 atom stereocenters. The number of carboxylic acids is 3. The molecule has 0 saturated carbocycles. The number of aliphatic hydroxyl groups is 1. The predicted molar refractivity (Wildman–Crippen MR) is 179 cm³/mol. The Labute approximate surface area is 285 Å². The van der Waals surface area contributed by atoms with Crippen LogP contribution in [0.4, 0.5) is 5.69 Å². The van der Waals surface area contributed by atoms with Gasteiger partial charge in [-0.25, -0.2) is 4.79 Å². The number of carboxylic acid groups (broad SMARTS) is 3. The molecule has 13 heteroatoms. The van der Waals surface area contributed by atoms with E-state index in [2.05, 4.69) is 35.2 Å². The predicted octanol–water partition coefficient (Wildman–Crippen LogP) is 2.02. The van der Waals surface area contributed by atoms with Gasteiger partial charge in [0.1, 0.15) is 6.04 Å². The van der Waals surface area contributed by atoms with Crippen LogP contribution in [0.15, 0.2) is 48.5 Å². The Morgan fingerprint density at radius 2 is 1.41 bits per heavy atom. The number of rotatable bonds is 9. The highest BCUT2D eigenvalue weighted by Gasteiger charge is 2.43. The van der Waals surface area contributed by atoms with E-state index in [4.69, 9.17) is 26.2 Å². The molecule has 2 saturated heterocycles. The average molecular weight is 679 g/mol. The maximum absolute atomic E-state index is 13.6. The lowest BCUT2D eigenvalue weighted by Gasteiger charge is -2.40. The van der Waals surface area contributed by atoms with Crippen molar-refractivity contribution in [3.63, 3.8) is 0 Å². The minimum Gasteiger partial charge on any atom is -0.481 e. The van der Waals surface area contributed by atoms with Crippen LogP contribution in [0, 0.1) is 0 Å². The summed E-state index contributed by atoms with van der Waals surface area (Å²) in [5, 5.41) is 33.8. The van der Waals surface area contributed by atoms with Crippen LogP contribution in [-0.2, 0) is 42.2 Å². The summed E-state index contributed by atoms with van der Waals surface area (Å²) in [5.41, 5.74) is 8.75. The van der Waals surface area contributed by atoms with Crippen molar-refractivity contribution in [2.24, 2.45) is 5.73 Å². The third-order valence-corrected chi connectivity index (χ3v) is 10.6. The fraction of sp³-hybridized carbons (Fsp3) is 0.528. The number of hydrogen-bond acceptors (Lipinski definition) is 8. The van der Waals surface area contributed by atoms with E-state index < -0.39 is 42.4 Å². The van der Waals surface area contributed by atoms with Gasteiger partial charge in [-0.05, 0) is 79.8 Å². The number of aliphatic carboxylic acids is 3. The van der Waals surface area contributed by atoms with Gasteiger partial charge in [0.2, 0.25) is 11.8 Å². The summed E-state index contributed by atoms with van der Waals surface area (Å²) in [7, 11) is 0. The van der Waals surface area contributed by atoms with Crippen LogP contribution in [0.25, 0.3) is 0 Å². The van der Waals surface area contributed by atoms with Crippen LogP contribution in [0.2, 0.25) is 0 Å². The molecule has 2 amide bonds. The number of amides is 2. The maximum Gasteiger partial charge on any atom is 0.336 e. The second-order valence-electron chi connectivity index (χ2n) is 13.8. The Hall–Kier alpha value is -4.33. The number of aryl methyl sites for hydroxylation is 1. The molecule has 6 rings (SSSR count). The zero-order valence-corrected chi connectivity index (χ0v) is 27.6. The van der Waals surface area contributed by atoms with Gasteiger partial charge in [0.05, 0.1) is 12.8 Å². The van der Waals surface area contributed by atoms with Gasteiger partial charge in [-0.2, -0.15) is 0 Å². The molecule has 0 bridgehead atoms. The first-order valence-corrected chi connectivity index (χ1v) is 17.0. The quantitative estimate of drug-likeness (QED) is 0.260. The molecule has 2 aromatic rings. The number of likely N-dealkylation sites (tertiary alicyclic amines) is 2. The normalized spacial score (nSPS) is 20.2. The molecule has 1 aliphatic carbocycles. The highest BCUT2D eigenvalue weighted by molar-refractivity contribution is 6.03. The van der Waals surface area contributed by atoms with Gasteiger partial charge in [-0.1, -0.05) is 42.5 Å². The summed E-state index contributed by atoms with van der Waals surface area (Å²) < 4.78 is 0. The standard InChI is InChI=1S/C30H38N4O2.C6H8O7/c31-24-10-17-33(18-11-24)29(36)27-21-23-6-2-4-8-26(23)34(27)28(35)12-16-32-19-14-30(15-20-32)13-9-22-5-1-3-7-25(22)30;7-3(8)1-6(13,5(11)12)2-4(9)10/h1-8,24,27H,9-21,31H2;13H,1-2H2,(H,7,8)(H,9,10)(H,11,12)/t27-;/m0./s1. The third-order valence-electron chi connectivity index (χ3n) is 10.6. The Kier molecular flexibility index (Phi) is 11.1. The number of nitrogens with zero attached hydrogens (tertiary/aromatic N) is 3. The molecule has 49 heavy (non-hydrogen) atoms. The lowest BCUT2D eigenvalue weighted by atomic mass is 9.74. The summed E-state index contributed by atoms with van der Waals surface area (Å²) in [4.78, 5) is 63.8. The summed E-state index contributed by atoms with van der Waals surface area (Å²) in [6.45, 7) is 4.21. The Balaban J connectivity index is 0.000000308. The summed E-state index contributed by atoms with van der Waals surface area (Å²) in [5.74, 6) is -4.88. The number of carbonyl (C=O) groups is 5. The lowest BCUT2D eigenvalue weighted by Crippen LogP contribution is -2.53. The first kappa shape index (κ1) is 36.0. The van der Waals surface area contributed by atoms with Crippen LogP contribution in [0.1, 0.15) is 68.1 Å². The second-order valence-corrected chi connectivity index (χ2v) is 13.8. The largest absolute Gasteiger partial charge is 0.481 e. The van der Waals surface area contributed by atoms with Crippen molar-refractivity contribution in [2.75, 3.05) is 37.6 Å². The van der Waals surface area contributed by atoms with Crippen LogP contribution in [-0.4, -0.2) is 110 Å². The molecule has 2 aromatic carbocycles. The number of benzene rings is 2. The lowest BCUT2D eigenvalue weighted by molar-refractivity contribution is -0.170. The number of carbonyl (C=O) groups excluding carboxylic acids is 2. The van der Waals surface area contributed by atoms with Crippen LogP contribution < -0.4 is 10.6 Å². The van der Waals surface area contributed by atoms with Crippen molar-refractivity contribution < 1.29 is 44.4 Å². The number of anilines is 1. The SMILES string of the molecule is NC1CCN(C(=O)[C@@H]2Cc3ccccc3N2C(=O)CCN2CCC3(CCc4ccccc43)CC2)CC1.O=C(O)CC(O)(CC(=O)O)C(=O)O. The van der Waals surface area contributed by atoms with Crippen molar-refractivity contribution in [3.05, 3.63) is 65.2 Å². The number of piperidine rings is 2. The molecule has 3 heterocycles. The summed E-state index contributed by atoms with van der Waals surface area (Å²) in [6, 6.07) is 16.7. The summed E-state index contributed by atoms with van der Waals surface area (Å²) in [6.07, 6.45) is 5.23. The fourth-order valence-electron chi connectivity index (χ4n) is 7.80. The molecule has 0 aromatic heterocycles. The Morgan fingerprint density at radius 3 is 2.02 bits per heavy atom. The average Bonchev–Trinajstić information content (AvgIpc) is 3.63. The van der Waals surface area contributed by atoms with E-state index >= 15 is 0 Å². The highest BCUT2D eigenvalue weighted by atomic mass is 16.4. The molecule has 6 N–H and O–H groups in total. The Bertz CT molecular complexity index is 1550. The van der Waals surface area contributed by atoms with E-state index in [1.54, 1.807) is 5.56 Å². The molecular formula is C36H46N4O9. The van der Waals surface area contributed by atoms with Gasteiger partial charge in [0.25, 0.3) is 0 Å². The van der Waals surface area contributed by atoms with Crippen LogP contribution in [0.3, 0.4) is 0 Å². The topological polar surface area (TPSA) is 202 Å². The van der Waals surface area contributed by atoms with Gasteiger partial charge < -0.3 is 36.0 Å². The van der Waals surface area contributed by atoms with Crippen LogP contribution >= 0.6 is 0 Å². The van der Waals surface area contributed by atoms with Crippen LogP contribution in [0.5, 0.6) is 0 Å². The number of nitrogens with two attached hydrogens (primary N) is 1. The number of fused-ring (bicyclic) bond motifs is 3. The second kappa shape index (κ2) is 15.1. The van der Waals surface area contributed by atoms with E-state index in [1.807, 2.05) is 28.0 Å². The monoisotopic (exact) mass is 678 g/mol. The molecule has 0 radical (unpaired) electrons. The third kappa shape index (κ3) is 8.11. The Morgan fingerprint density at radius 1 is 0.816 bits per heavy atom. The van der Waals surface area contributed by atoms with Gasteiger partial charge in [0, 0.05) is 44.2 Å². The molecule has 3 aliphatic heterocycles. The minimum atomic E-state index is -2.74. The number of hydrogen-bond donors (Lipinski definition) is 5. The van der Waals surface area contributed by atoms with Crippen molar-refractivity contribution in [3.8, 4) is 0 Å². The van der Waals surface area contributed by atoms with E-state index in [-0.39, 0.29) is 17.9 Å². The van der Waals surface area contributed by atoms with Crippen molar-refractivity contribution in [2.45, 2.75) is 87.3 Å². The first-order valence-electron chi connectivity index (χ1n) is 17.0. The molecule has 1 spiro atoms. The van der Waals surface area contributed by atoms with Gasteiger partial charge in [-0.3, -0.25) is 24.1 Å². The van der Waals surface area contributed by atoms with E-state index in [0.717, 1.165) is 43.7 Å². The highest BCUT2D eigenvalue weighted by Crippen LogP contribution is 2.46. The van der Waals surface area contributed by atoms with Crippen molar-refractivity contribution in [1.29, 1.82) is 0 Å². The molecule has 4 aliphatic rings. The van der Waals surface area contributed by atoms with Gasteiger partial charge in [0.15, 0.2) is 5.60 Å². The zero-order chi connectivity index (χ0) is 35.3. The van der Waals surface area contributed by atoms with E-state index in [0.29, 0.717) is 31.3 Å². The smallest absolute Gasteiger partial charge is 0.336 e. The molecule has 13 nitrogen and oxygen atoms in total.